The van der Waals surface area contributed by atoms with Crippen molar-refractivity contribution in [3.05, 3.63) is 24.3 Å². The Labute approximate surface area is 148 Å². The van der Waals surface area contributed by atoms with Crippen LogP contribution in [0.25, 0.3) is 11.1 Å². The smallest absolute Gasteiger partial charge is 0.298 e. The number of hydrogen-bond donors (Lipinski definition) is 1. The largest absolute Gasteiger partial charge is 0.423 e. The van der Waals surface area contributed by atoms with Crippen molar-refractivity contribution in [3.8, 4) is 0 Å². The molecule has 1 N–H and O–H groups in total. The van der Waals surface area contributed by atoms with Crippen LogP contribution in [0.1, 0.15) is 45.4 Å². The Morgan fingerprint density at radius 2 is 1.92 bits per heavy atom. The highest BCUT2D eigenvalue weighted by atomic mass is 16.4. The van der Waals surface area contributed by atoms with E-state index in [1.54, 1.807) is 0 Å². The number of para-hydroxylation sites is 2. The van der Waals surface area contributed by atoms with Crippen molar-refractivity contribution in [2.75, 3.05) is 18.0 Å². The van der Waals surface area contributed by atoms with Gasteiger partial charge in [-0.1, -0.05) is 31.9 Å². The number of nitrogens with one attached hydrogen (secondary N) is 1. The third-order valence-electron chi connectivity index (χ3n) is 5.86. The lowest BCUT2D eigenvalue weighted by atomic mass is 9.85. The fourth-order valence-corrected chi connectivity index (χ4v) is 4.16. The first kappa shape index (κ1) is 16.4. The van der Waals surface area contributed by atoms with Gasteiger partial charge in [-0.25, -0.2) is 0 Å². The minimum atomic E-state index is 0.120. The number of fused-ring (bicyclic) bond motifs is 1. The summed E-state index contributed by atoms with van der Waals surface area (Å²) >= 11 is 0. The second-order valence-corrected chi connectivity index (χ2v) is 7.60. The molecule has 2 unspecified atom stereocenters. The maximum atomic E-state index is 12.6. The second-order valence-electron chi connectivity index (χ2n) is 7.60. The molecule has 1 amide bonds. The molecule has 2 heterocycles. The minimum absolute atomic E-state index is 0.120. The molecule has 1 saturated heterocycles. The van der Waals surface area contributed by atoms with Gasteiger partial charge in [-0.2, -0.15) is 4.98 Å². The van der Waals surface area contributed by atoms with Crippen LogP contribution in [-0.2, 0) is 4.79 Å². The zero-order chi connectivity index (χ0) is 17.2. The number of carbonyl (C=O) groups is 1. The third-order valence-corrected chi connectivity index (χ3v) is 5.86. The average molecular weight is 341 g/mol. The normalized spacial score (nSPS) is 25.2. The van der Waals surface area contributed by atoms with Crippen molar-refractivity contribution in [1.82, 2.24) is 10.3 Å². The van der Waals surface area contributed by atoms with Gasteiger partial charge in [0.05, 0.1) is 0 Å². The van der Waals surface area contributed by atoms with Crippen molar-refractivity contribution in [3.63, 3.8) is 0 Å². The highest BCUT2D eigenvalue weighted by Crippen LogP contribution is 2.28. The van der Waals surface area contributed by atoms with Crippen LogP contribution in [0, 0.1) is 11.8 Å². The Hall–Kier alpha value is -2.04. The zero-order valence-corrected chi connectivity index (χ0v) is 14.9. The van der Waals surface area contributed by atoms with Crippen LogP contribution in [0.15, 0.2) is 28.7 Å². The predicted molar refractivity (Wildman–Crippen MR) is 98.5 cm³/mol. The summed E-state index contributed by atoms with van der Waals surface area (Å²) in [5.41, 5.74) is 1.72. The number of anilines is 1. The molecule has 4 rings (SSSR count). The van der Waals surface area contributed by atoms with E-state index in [0.717, 1.165) is 43.5 Å². The number of oxazole rings is 1. The fraction of sp³-hybridized carbons (Fsp3) is 0.600. The van der Waals surface area contributed by atoms with Gasteiger partial charge in [0.1, 0.15) is 5.52 Å². The highest BCUT2D eigenvalue weighted by Gasteiger charge is 2.30. The lowest BCUT2D eigenvalue weighted by molar-refractivity contribution is -0.126. The number of aromatic nitrogens is 1. The van der Waals surface area contributed by atoms with Crippen LogP contribution in [-0.4, -0.2) is 30.0 Å². The van der Waals surface area contributed by atoms with E-state index < -0.39 is 0 Å². The first-order valence-corrected chi connectivity index (χ1v) is 9.61. The molecule has 5 heteroatoms. The molecule has 0 bridgehead atoms. The summed E-state index contributed by atoms with van der Waals surface area (Å²) < 4.78 is 5.85. The summed E-state index contributed by atoms with van der Waals surface area (Å²) in [5.74, 6) is 0.975. The Kier molecular flexibility index (Phi) is 4.64. The van der Waals surface area contributed by atoms with E-state index in [4.69, 9.17) is 4.42 Å². The SMILES string of the molecule is CC1CCCCC1NC(=O)C1CCN(c2nc3ccccc3o2)CC1. The molecule has 2 aromatic rings. The summed E-state index contributed by atoms with van der Waals surface area (Å²) in [4.78, 5) is 19.4. The average Bonchev–Trinajstić information content (AvgIpc) is 3.08. The van der Waals surface area contributed by atoms with Crippen molar-refractivity contribution in [2.24, 2.45) is 11.8 Å². The van der Waals surface area contributed by atoms with Crippen LogP contribution in [0.3, 0.4) is 0 Å². The molecule has 2 atom stereocenters. The van der Waals surface area contributed by atoms with E-state index in [-0.39, 0.29) is 11.8 Å². The van der Waals surface area contributed by atoms with Crippen molar-refractivity contribution in [1.29, 1.82) is 0 Å². The number of amides is 1. The first-order valence-electron chi connectivity index (χ1n) is 9.61. The molecule has 1 aromatic heterocycles. The van der Waals surface area contributed by atoms with Gasteiger partial charge in [-0.15, -0.1) is 0 Å². The maximum Gasteiger partial charge on any atom is 0.298 e. The monoisotopic (exact) mass is 341 g/mol. The highest BCUT2D eigenvalue weighted by molar-refractivity contribution is 5.79. The van der Waals surface area contributed by atoms with Crippen molar-refractivity contribution >= 4 is 23.0 Å². The fourth-order valence-electron chi connectivity index (χ4n) is 4.16. The van der Waals surface area contributed by atoms with Gasteiger partial charge in [0.15, 0.2) is 5.58 Å². The van der Waals surface area contributed by atoms with Gasteiger partial charge in [-0.05, 0) is 43.7 Å². The molecule has 2 fully saturated rings. The number of hydrogen-bond acceptors (Lipinski definition) is 4. The molecule has 1 aliphatic carbocycles. The molecule has 2 aliphatic rings. The molecular formula is C20H27N3O2. The van der Waals surface area contributed by atoms with Gasteiger partial charge < -0.3 is 14.6 Å². The molecular weight excluding hydrogens is 314 g/mol. The van der Waals surface area contributed by atoms with Crippen molar-refractivity contribution < 1.29 is 9.21 Å². The summed E-state index contributed by atoms with van der Waals surface area (Å²) in [6.07, 6.45) is 6.65. The topological polar surface area (TPSA) is 58.4 Å². The minimum Gasteiger partial charge on any atom is -0.423 e. The molecule has 1 aliphatic heterocycles. The second kappa shape index (κ2) is 7.06. The van der Waals surface area contributed by atoms with E-state index in [9.17, 15) is 4.79 Å². The summed E-state index contributed by atoms with van der Waals surface area (Å²) in [6.45, 7) is 3.91. The third kappa shape index (κ3) is 3.51. The maximum absolute atomic E-state index is 12.6. The van der Waals surface area contributed by atoms with E-state index >= 15 is 0 Å². The van der Waals surface area contributed by atoms with Crippen LogP contribution >= 0.6 is 0 Å². The van der Waals surface area contributed by atoms with Crippen LogP contribution in [0.4, 0.5) is 6.01 Å². The van der Waals surface area contributed by atoms with Crippen LogP contribution in [0.2, 0.25) is 0 Å². The molecule has 134 valence electrons. The Morgan fingerprint density at radius 3 is 2.68 bits per heavy atom. The Bertz CT molecular complexity index is 700. The van der Waals surface area contributed by atoms with E-state index in [2.05, 4.69) is 22.1 Å². The number of carbonyl (C=O) groups excluding carboxylic acids is 1. The molecule has 25 heavy (non-hydrogen) atoms. The Morgan fingerprint density at radius 1 is 1.16 bits per heavy atom. The van der Waals surface area contributed by atoms with Crippen LogP contribution in [0.5, 0.6) is 0 Å². The molecule has 1 saturated carbocycles. The quantitative estimate of drug-likeness (QED) is 0.924. The number of piperidine rings is 1. The van der Waals surface area contributed by atoms with Gasteiger partial charge in [0.25, 0.3) is 6.01 Å². The van der Waals surface area contributed by atoms with Crippen LogP contribution < -0.4 is 10.2 Å². The molecule has 5 nitrogen and oxygen atoms in total. The molecule has 0 radical (unpaired) electrons. The number of nitrogens with zero attached hydrogens (tertiary/aromatic N) is 2. The standard InChI is InChI=1S/C20H27N3O2/c1-14-6-2-3-7-16(14)21-19(24)15-10-12-23(13-11-15)20-22-17-8-4-5-9-18(17)25-20/h4-5,8-9,14-16H,2-3,6-7,10-13H2,1H3,(H,21,24). The van der Waals surface area contributed by atoms with Gasteiger partial charge in [0.2, 0.25) is 5.91 Å². The number of benzene rings is 1. The zero-order valence-electron chi connectivity index (χ0n) is 14.9. The summed E-state index contributed by atoms with van der Waals surface area (Å²) in [5, 5.41) is 3.32. The van der Waals surface area contributed by atoms with Crippen molar-refractivity contribution in [2.45, 2.75) is 51.5 Å². The summed E-state index contributed by atoms with van der Waals surface area (Å²) in [7, 11) is 0. The Balaban J connectivity index is 1.33. The molecule has 1 aromatic carbocycles. The summed E-state index contributed by atoms with van der Waals surface area (Å²) in [6, 6.07) is 8.89. The molecule has 0 spiro atoms. The predicted octanol–water partition coefficient (Wildman–Crippen LogP) is 3.74. The van der Waals surface area contributed by atoms with E-state index in [0.29, 0.717) is 18.0 Å². The first-order chi connectivity index (χ1) is 12.2. The lowest BCUT2D eigenvalue weighted by Crippen LogP contribution is -2.46. The van der Waals surface area contributed by atoms with Gasteiger partial charge in [0, 0.05) is 25.0 Å². The van der Waals surface area contributed by atoms with E-state index in [1.165, 1.54) is 19.3 Å². The van der Waals surface area contributed by atoms with E-state index in [1.807, 2.05) is 24.3 Å². The lowest BCUT2D eigenvalue weighted by Gasteiger charge is -2.34. The van der Waals surface area contributed by atoms with Gasteiger partial charge >= 0.3 is 0 Å². The number of rotatable bonds is 3. The van der Waals surface area contributed by atoms with Gasteiger partial charge in [-0.3, -0.25) is 4.79 Å².